The molecule has 2 aromatic heterocycles. The maximum Gasteiger partial charge on any atom is 0.317 e. The molecule has 0 atom stereocenters. The minimum absolute atomic E-state index is 0.0214. The van der Waals surface area contributed by atoms with Gasteiger partial charge in [0.05, 0.1) is 30.0 Å². The van der Waals surface area contributed by atoms with E-state index in [1.165, 1.54) is 19.3 Å². The fraction of sp³-hybridized carbons (Fsp3) is 0.550. The first-order valence-electron chi connectivity index (χ1n) is 10.4. The van der Waals surface area contributed by atoms with Gasteiger partial charge >= 0.3 is 6.03 Å². The van der Waals surface area contributed by atoms with Crippen LogP contribution in [-0.2, 0) is 13.6 Å². The molecule has 0 radical (unpaired) electrons. The van der Waals surface area contributed by atoms with Gasteiger partial charge in [-0.1, -0.05) is 19.3 Å². The third kappa shape index (κ3) is 4.22. The SMILES string of the molecule is Cn1cncc1CNC(=O)N1CC(c2nc(NC3CCCCC3)c(C=N)c(=O)[nH]2)C1. The first-order valence-corrected chi connectivity index (χ1v) is 10.4. The zero-order valence-electron chi connectivity index (χ0n) is 17.1. The first-order chi connectivity index (χ1) is 14.5. The second kappa shape index (κ2) is 8.68. The molecule has 0 bridgehead atoms. The van der Waals surface area contributed by atoms with Gasteiger partial charge in [-0.15, -0.1) is 0 Å². The molecule has 1 aliphatic heterocycles. The van der Waals surface area contributed by atoms with Crippen LogP contribution in [0.15, 0.2) is 17.3 Å². The molecule has 2 fully saturated rings. The largest absolute Gasteiger partial charge is 0.367 e. The van der Waals surface area contributed by atoms with Gasteiger partial charge in [0.15, 0.2) is 0 Å². The molecule has 2 amide bonds. The molecule has 0 spiro atoms. The van der Waals surface area contributed by atoms with E-state index in [-0.39, 0.29) is 29.1 Å². The summed E-state index contributed by atoms with van der Waals surface area (Å²) in [5.41, 5.74) is 0.869. The molecule has 1 aliphatic carbocycles. The monoisotopic (exact) mass is 412 g/mol. The van der Waals surface area contributed by atoms with E-state index in [1.54, 1.807) is 17.4 Å². The number of likely N-dealkylation sites (tertiary alicyclic amines) is 1. The van der Waals surface area contributed by atoms with E-state index < -0.39 is 0 Å². The van der Waals surface area contributed by atoms with Gasteiger partial charge in [-0.3, -0.25) is 4.79 Å². The number of H-pyrrole nitrogens is 1. The standard InChI is InChI=1S/C20H28N8O2/c1-27-12-22-8-15(27)9-23-20(30)28-10-13(11-28)17-25-18(16(7-21)19(29)26-17)24-14-5-3-2-4-6-14/h7-8,12-14,21H,2-6,9-11H2,1H3,(H,23,30)(H2,24,25,26,29). The van der Waals surface area contributed by atoms with Crippen molar-refractivity contribution < 1.29 is 4.79 Å². The fourth-order valence-corrected chi connectivity index (χ4v) is 4.03. The van der Waals surface area contributed by atoms with Crippen LogP contribution in [0.25, 0.3) is 0 Å². The van der Waals surface area contributed by atoms with Crippen molar-refractivity contribution in [2.75, 3.05) is 18.4 Å². The van der Waals surface area contributed by atoms with Crippen molar-refractivity contribution in [2.24, 2.45) is 7.05 Å². The maximum atomic E-state index is 12.5. The molecule has 10 nitrogen and oxygen atoms in total. The maximum absolute atomic E-state index is 12.5. The summed E-state index contributed by atoms with van der Waals surface area (Å²) in [6, 6.07) is 0.140. The van der Waals surface area contributed by atoms with Crippen LogP contribution in [0, 0.1) is 5.41 Å². The number of nitrogens with zero attached hydrogens (tertiary/aromatic N) is 4. The second-order valence-electron chi connectivity index (χ2n) is 8.09. The molecule has 1 saturated heterocycles. The molecule has 1 saturated carbocycles. The number of nitrogens with one attached hydrogen (secondary N) is 4. The zero-order valence-corrected chi connectivity index (χ0v) is 17.1. The molecule has 2 aromatic rings. The Morgan fingerprint density at radius 1 is 1.33 bits per heavy atom. The van der Waals surface area contributed by atoms with Crippen LogP contribution in [0.1, 0.15) is 55.1 Å². The number of carbonyl (C=O) groups is 1. The minimum Gasteiger partial charge on any atom is -0.367 e. The molecule has 30 heavy (non-hydrogen) atoms. The van der Waals surface area contributed by atoms with Crippen molar-refractivity contribution in [2.45, 2.75) is 50.6 Å². The van der Waals surface area contributed by atoms with E-state index in [1.807, 2.05) is 11.6 Å². The van der Waals surface area contributed by atoms with E-state index in [0.29, 0.717) is 31.3 Å². The number of anilines is 1. The molecule has 4 N–H and O–H groups in total. The van der Waals surface area contributed by atoms with Crippen LogP contribution in [0.5, 0.6) is 0 Å². The van der Waals surface area contributed by atoms with Gasteiger partial charge in [-0.25, -0.2) is 14.8 Å². The van der Waals surface area contributed by atoms with Crippen molar-refractivity contribution in [3.8, 4) is 0 Å². The summed E-state index contributed by atoms with van der Waals surface area (Å²) < 4.78 is 1.86. The molecular weight excluding hydrogens is 384 g/mol. The number of hydrogen-bond donors (Lipinski definition) is 4. The summed E-state index contributed by atoms with van der Waals surface area (Å²) >= 11 is 0. The Kier molecular flexibility index (Phi) is 5.82. The van der Waals surface area contributed by atoms with Gasteiger partial charge in [0.1, 0.15) is 11.6 Å². The van der Waals surface area contributed by atoms with Crippen molar-refractivity contribution in [1.82, 2.24) is 29.7 Å². The van der Waals surface area contributed by atoms with Crippen LogP contribution in [0.3, 0.4) is 0 Å². The van der Waals surface area contributed by atoms with Crippen LogP contribution in [0.4, 0.5) is 10.6 Å². The Hall–Kier alpha value is -3.17. The van der Waals surface area contributed by atoms with Gasteiger partial charge < -0.3 is 30.5 Å². The summed E-state index contributed by atoms with van der Waals surface area (Å²) in [5, 5.41) is 13.9. The Labute approximate surface area is 174 Å². The first kappa shape index (κ1) is 20.1. The van der Waals surface area contributed by atoms with Crippen LogP contribution < -0.4 is 16.2 Å². The van der Waals surface area contributed by atoms with Gasteiger partial charge in [0, 0.05) is 38.6 Å². The Bertz CT molecular complexity index is 969. The molecule has 160 valence electrons. The number of rotatable bonds is 6. The lowest BCUT2D eigenvalue weighted by molar-refractivity contribution is 0.148. The summed E-state index contributed by atoms with van der Waals surface area (Å²) in [7, 11) is 1.88. The molecule has 10 heteroatoms. The Morgan fingerprint density at radius 2 is 2.10 bits per heavy atom. The highest BCUT2D eigenvalue weighted by Crippen LogP contribution is 2.26. The molecule has 4 rings (SSSR count). The quantitative estimate of drug-likeness (QED) is 0.535. The van der Waals surface area contributed by atoms with Gasteiger partial charge in [0.2, 0.25) is 0 Å². The number of aryl methyl sites for hydroxylation is 1. The Morgan fingerprint density at radius 3 is 2.77 bits per heavy atom. The van der Waals surface area contributed by atoms with Crippen molar-refractivity contribution >= 4 is 18.1 Å². The summed E-state index contributed by atoms with van der Waals surface area (Å²) in [5.74, 6) is 1.03. The van der Waals surface area contributed by atoms with Crippen molar-refractivity contribution in [1.29, 1.82) is 5.41 Å². The van der Waals surface area contributed by atoms with Crippen LogP contribution >= 0.6 is 0 Å². The van der Waals surface area contributed by atoms with Crippen LogP contribution in [-0.4, -0.2) is 55.8 Å². The van der Waals surface area contributed by atoms with E-state index in [4.69, 9.17) is 5.41 Å². The number of carbonyl (C=O) groups excluding carboxylic acids is 1. The second-order valence-corrected chi connectivity index (χ2v) is 8.09. The summed E-state index contributed by atoms with van der Waals surface area (Å²) in [6.07, 6.45) is 10.1. The topological polar surface area (TPSA) is 132 Å². The third-order valence-corrected chi connectivity index (χ3v) is 5.96. The predicted octanol–water partition coefficient (Wildman–Crippen LogP) is 1.55. The van der Waals surface area contributed by atoms with E-state index in [9.17, 15) is 9.59 Å². The number of urea groups is 1. The van der Waals surface area contributed by atoms with E-state index >= 15 is 0 Å². The van der Waals surface area contributed by atoms with Gasteiger partial charge in [-0.2, -0.15) is 0 Å². The fourth-order valence-electron chi connectivity index (χ4n) is 4.03. The van der Waals surface area contributed by atoms with E-state index in [0.717, 1.165) is 24.8 Å². The highest BCUT2D eigenvalue weighted by molar-refractivity contribution is 5.83. The van der Waals surface area contributed by atoms with Crippen LogP contribution in [0.2, 0.25) is 0 Å². The predicted molar refractivity (Wildman–Crippen MR) is 113 cm³/mol. The van der Waals surface area contributed by atoms with Crippen molar-refractivity contribution in [3.63, 3.8) is 0 Å². The highest BCUT2D eigenvalue weighted by Gasteiger charge is 2.34. The number of hydrogen-bond acceptors (Lipinski definition) is 6. The number of amides is 2. The highest BCUT2D eigenvalue weighted by atomic mass is 16.2. The lowest BCUT2D eigenvalue weighted by Gasteiger charge is -2.38. The van der Waals surface area contributed by atoms with Gasteiger partial charge in [0.25, 0.3) is 5.56 Å². The zero-order chi connectivity index (χ0) is 21.1. The molecule has 2 aliphatic rings. The summed E-state index contributed by atoms with van der Waals surface area (Å²) in [6.45, 7) is 1.40. The number of imidazole rings is 1. The normalized spacial score (nSPS) is 17.4. The Balaban J connectivity index is 1.38. The van der Waals surface area contributed by atoms with Crippen molar-refractivity contribution in [3.05, 3.63) is 40.0 Å². The molecule has 0 aromatic carbocycles. The molecular formula is C20H28N8O2. The minimum atomic E-state index is -0.313. The van der Waals surface area contributed by atoms with E-state index in [2.05, 4.69) is 25.6 Å². The lowest BCUT2D eigenvalue weighted by Crippen LogP contribution is -2.53. The average molecular weight is 412 g/mol. The molecule has 3 heterocycles. The smallest absolute Gasteiger partial charge is 0.317 e. The average Bonchev–Trinajstić information content (AvgIpc) is 3.11. The number of aromatic nitrogens is 4. The molecule has 0 unspecified atom stereocenters. The van der Waals surface area contributed by atoms with Gasteiger partial charge in [-0.05, 0) is 12.8 Å². The third-order valence-electron chi connectivity index (χ3n) is 5.96. The lowest BCUT2D eigenvalue weighted by atomic mass is 9.95. The summed E-state index contributed by atoms with van der Waals surface area (Å²) in [4.78, 5) is 38.0. The number of aromatic amines is 1.